The van der Waals surface area contributed by atoms with Crippen LogP contribution in [-0.2, 0) is 6.42 Å². The molecule has 0 aliphatic carbocycles. The lowest BCUT2D eigenvalue weighted by Crippen LogP contribution is -2.01. The summed E-state index contributed by atoms with van der Waals surface area (Å²) in [6.45, 7) is 0.937. The number of fused-ring (bicyclic) bond motifs is 1. The third kappa shape index (κ3) is 3.80. The number of allylic oxidation sites excluding steroid dienone is 1. The van der Waals surface area contributed by atoms with Crippen LogP contribution < -0.4 is 4.74 Å². The van der Waals surface area contributed by atoms with Gasteiger partial charge in [-0.3, -0.25) is 0 Å². The Morgan fingerprint density at radius 3 is 2.25 bits per heavy atom. The van der Waals surface area contributed by atoms with Gasteiger partial charge in [0.25, 0.3) is 0 Å². The third-order valence-electron chi connectivity index (χ3n) is 3.96. The van der Waals surface area contributed by atoms with Crippen LogP contribution in [0.15, 0.2) is 73.3 Å². The van der Waals surface area contributed by atoms with Gasteiger partial charge >= 0.3 is 6.61 Å². The standard InChI is InChI=1S/C21H18F2O/c1-2-3-4-15-5-7-16(8-6-15)17-9-10-19-14-20(24-21(22)23)12-11-18(19)13-17/h2,5-14,21H,1,3-4H2. The monoisotopic (exact) mass is 324 g/mol. The van der Waals surface area contributed by atoms with Crippen LogP contribution in [-0.4, -0.2) is 6.61 Å². The number of benzene rings is 3. The van der Waals surface area contributed by atoms with Gasteiger partial charge in [0.15, 0.2) is 0 Å². The van der Waals surface area contributed by atoms with E-state index in [1.807, 2.05) is 18.2 Å². The zero-order chi connectivity index (χ0) is 16.9. The molecule has 3 heteroatoms. The Balaban J connectivity index is 1.86. The van der Waals surface area contributed by atoms with E-state index < -0.39 is 6.61 Å². The first kappa shape index (κ1) is 16.2. The molecular formula is C21H18F2O. The second-order valence-electron chi connectivity index (χ2n) is 5.63. The van der Waals surface area contributed by atoms with Crippen molar-refractivity contribution in [3.8, 4) is 16.9 Å². The van der Waals surface area contributed by atoms with E-state index in [0.717, 1.165) is 34.7 Å². The molecular weight excluding hydrogens is 306 g/mol. The van der Waals surface area contributed by atoms with E-state index in [0.29, 0.717) is 0 Å². The van der Waals surface area contributed by atoms with Gasteiger partial charge in [0, 0.05) is 0 Å². The summed E-state index contributed by atoms with van der Waals surface area (Å²) in [5.41, 5.74) is 3.51. The average Bonchev–Trinajstić information content (AvgIpc) is 2.59. The molecule has 0 aliphatic heterocycles. The highest BCUT2D eigenvalue weighted by Gasteiger charge is 2.06. The number of alkyl halides is 2. The zero-order valence-electron chi connectivity index (χ0n) is 13.2. The minimum Gasteiger partial charge on any atom is -0.435 e. The summed E-state index contributed by atoms with van der Waals surface area (Å²) in [5, 5.41) is 1.87. The van der Waals surface area contributed by atoms with Crippen LogP contribution >= 0.6 is 0 Å². The second-order valence-corrected chi connectivity index (χ2v) is 5.63. The number of ether oxygens (including phenoxy) is 1. The fraction of sp³-hybridized carbons (Fsp3) is 0.143. The molecule has 122 valence electrons. The fourth-order valence-electron chi connectivity index (χ4n) is 2.71. The summed E-state index contributed by atoms with van der Waals surface area (Å²) >= 11 is 0. The maximum absolute atomic E-state index is 12.3. The first-order chi connectivity index (χ1) is 11.7. The number of halogens is 2. The lowest BCUT2D eigenvalue weighted by Gasteiger charge is -2.08. The molecule has 0 bridgehead atoms. The molecule has 0 fully saturated rings. The molecule has 0 heterocycles. The summed E-state index contributed by atoms with van der Waals surface area (Å²) in [6, 6.07) is 19.4. The van der Waals surface area contributed by atoms with E-state index in [1.54, 1.807) is 18.2 Å². The van der Waals surface area contributed by atoms with Crippen LogP contribution in [0.3, 0.4) is 0 Å². The van der Waals surface area contributed by atoms with Gasteiger partial charge in [0.05, 0.1) is 0 Å². The molecule has 3 rings (SSSR count). The smallest absolute Gasteiger partial charge is 0.387 e. The molecule has 0 aromatic heterocycles. The van der Waals surface area contributed by atoms with Gasteiger partial charge in [0.1, 0.15) is 5.75 Å². The van der Waals surface area contributed by atoms with Crippen molar-refractivity contribution in [3.05, 3.63) is 78.9 Å². The SMILES string of the molecule is C=CCCc1ccc(-c2ccc3cc(OC(F)F)ccc3c2)cc1. The Kier molecular flexibility index (Phi) is 4.90. The summed E-state index contributed by atoms with van der Waals surface area (Å²) in [7, 11) is 0. The lowest BCUT2D eigenvalue weighted by atomic mass is 9.99. The van der Waals surface area contributed by atoms with Crippen LogP contribution in [0.25, 0.3) is 21.9 Å². The van der Waals surface area contributed by atoms with Gasteiger partial charge in [-0.1, -0.05) is 48.5 Å². The molecule has 0 saturated carbocycles. The molecule has 0 unspecified atom stereocenters. The molecule has 3 aromatic carbocycles. The normalized spacial score (nSPS) is 11.0. The summed E-state index contributed by atoms with van der Waals surface area (Å²) in [5.74, 6) is 0.178. The number of hydrogen-bond acceptors (Lipinski definition) is 1. The fourth-order valence-corrected chi connectivity index (χ4v) is 2.71. The minimum atomic E-state index is -2.80. The van der Waals surface area contributed by atoms with Crippen molar-refractivity contribution in [1.82, 2.24) is 0 Å². The Morgan fingerprint density at radius 1 is 0.875 bits per heavy atom. The van der Waals surface area contributed by atoms with Gasteiger partial charge in [0.2, 0.25) is 0 Å². The minimum absolute atomic E-state index is 0.178. The van der Waals surface area contributed by atoms with Crippen LogP contribution in [0.5, 0.6) is 5.75 Å². The number of rotatable bonds is 6. The van der Waals surface area contributed by atoms with Crippen molar-refractivity contribution in [3.63, 3.8) is 0 Å². The number of aryl methyl sites for hydroxylation is 1. The quantitative estimate of drug-likeness (QED) is 0.489. The Bertz CT molecular complexity index is 838. The maximum Gasteiger partial charge on any atom is 0.387 e. The van der Waals surface area contributed by atoms with E-state index in [-0.39, 0.29) is 5.75 Å². The molecule has 0 amide bonds. The molecule has 0 radical (unpaired) electrons. The highest BCUT2D eigenvalue weighted by Crippen LogP contribution is 2.28. The molecule has 0 aliphatic rings. The Labute approximate surface area is 140 Å². The largest absolute Gasteiger partial charge is 0.435 e. The van der Waals surface area contributed by atoms with E-state index in [9.17, 15) is 8.78 Å². The van der Waals surface area contributed by atoms with Crippen LogP contribution in [0.1, 0.15) is 12.0 Å². The molecule has 0 N–H and O–H groups in total. The lowest BCUT2D eigenvalue weighted by molar-refractivity contribution is -0.0497. The molecule has 3 aromatic rings. The summed E-state index contributed by atoms with van der Waals surface area (Å²) in [4.78, 5) is 0. The van der Waals surface area contributed by atoms with Crippen molar-refractivity contribution in [1.29, 1.82) is 0 Å². The van der Waals surface area contributed by atoms with Gasteiger partial charge in [-0.2, -0.15) is 8.78 Å². The first-order valence-corrected chi connectivity index (χ1v) is 7.84. The Hall–Kier alpha value is -2.68. The van der Waals surface area contributed by atoms with Crippen LogP contribution in [0.2, 0.25) is 0 Å². The van der Waals surface area contributed by atoms with E-state index in [4.69, 9.17) is 0 Å². The van der Waals surface area contributed by atoms with Crippen molar-refractivity contribution in [2.75, 3.05) is 0 Å². The predicted molar refractivity (Wildman–Crippen MR) is 94.5 cm³/mol. The average molecular weight is 324 g/mol. The van der Waals surface area contributed by atoms with Crippen molar-refractivity contribution in [2.24, 2.45) is 0 Å². The number of hydrogen-bond donors (Lipinski definition) is 0. The van der Waals surface area contributed by atoms with E-state index >= 15 is 0 Å². The third-order valence-corrected chi connectivity index (χ3v) is 3.96. The zero-order valence-corrected chi connectivity index (χ0v) is 13.2. The van der Waals surface area contributed by atoms with Gasteiger partial charge in [-0.15, -0.1) is 6.58 Å². The Morgan fingerprint density at radius 2 is 1.54 bits per heavy atom. The first-order valence-electron chi connectivity index (χ1n) is 7.84. The second kappa shape index (κ2) is 7.26. The van der Waals surface area contributed by atoms with Gasteiger partial charge < -0.3 is 4.74 Å². The van der Waals surface area contributed by atoms with Crippen LogP contribution in [0.4, 0.5) is 8.78 Å². The van der Waals surface area contributed by atoms with E-state index in [1.165, 1.54) is 5.56 Å². The highest BCUT2D eigenvalue weighted by atomic mass is 19.3. The summed E-state index contributed by atoms with van der Waals surface area (Å²) < 4.78 is 29.0. The van der Waals surface area contributed by atoms with E-state index in [2.05, 4.69) is 41.6 Å². The van der Waals surface area contributed by atoms with Gasteiger partial charge in [-0.25, -0.2) is 0 Å². The van der Waals surface area contributed by atoms with Crippen molar-refractivity contribution in [2.45, 2.75) is 19.5 Å². The molecule has 0 atom stereocenters. The molecule has 1 nitrogen and oxygen atoms in total. The topological polar surface area (TPSA) is 9.23 Å². The van der Waals surface area contributed by atoms with Crippen LogP contribution in [0, 0.1) is 0 Å². The van der Waals surface area contributed by atoms with Gasteiger partial charge in [-0.05, 0) is 58.5 Å². The van der Waals surface area contributed by atoms with Crippen molar-refractivity contribution < 1.29 is 13.5 Å². The maximum atomic E-state index is 12.3. The summed E-state index contributed by atoms with van der Waals surface area (Å²) in [6.07, 6.45) is 3.88. The molecule has 0 spiro atoms. The molecule has 0 saturated heterocycles. The van der Waals surface area contributed by atoms with Crippen molar-refractivity contribution >= 4 is 10.8 Å². The predicted octanol–water partition coefficient (Wildman–Crippen LogP) is 6.23. The highest BCUT2D eigenvalue weighted by molar-refractivity contribution is 5.88. The molecule has 24 heavy (non-hydrogen) atoms.